The predicted molar refractivity (Wildman–Crippen MR) is 70.1 cm³/mol. The minimum atomic E-state index is -1.43. The summed E-state index contributed by atoms with van der Waals surface area (Å²) in [7, 11) is 0. The topological polar surface area (TPSA) is 58.6 Å². The van der Waals surface area contributed by atoms with E-state index in [-0.39, 0.29) is 13.2 Å². The molecule has 1 amide bonds. The maximum absolute atomic E-state index is 13.4. The fourth-order valence-corrected chi connectivity index (χ4v) is 1.60. The minimum absolute atomic E-state index is 0.132. The van der Waals surface area contributed by atoms with Gasteiger partial charge in [0.2, 0.25) is 5.91 Å². The first kappa shape index (κ1) is 16.5. The number of carbonyl (C=O) groups is 1. The van der Waals surface area contributed by atoms with E-state index in [1.54, 1.807) is 0 Å². The Bertz CT molecular complexity index is 420. The van der Waals surface area contributed by atoms with E-state index < -0.39 is 29.2 Å². The van der Waals surface area contributed by atoms with Gasteiger partial charge in [-0.25, -0.2) is 8.78 Å². The van der Waals surface area contributed by atoms with Crippen LogP contribution in [0.15, 0.2) is 18.2 Å². The lowest BCUT2D eigenvalue weighted by Crippen LogP contribution is -2.32. The summed E-state index contributed by atoms with van der Waals surface area (Å²) in [6.07, 6.45) is 0.388. The molecule has 0 heterocycles. The second-order valence-electron chi connectivity index (χ2n) is 4.36. The average Bonchev–Trinajstić information content (AvgIpc) is 2.41. The summed E-state index contributed by atoms with van der Waals surface area (Å²) in [5.41, 5.74) is -0.445. The smallest absolute Gasteiger partial charge is 0.246 e. The van der Waals surface area contributed by atoms with Gasteiger partial charge >= 0.3 is 0 Å². The van der Waals surface area contributed by atoms with Gasteiger partial charge in [0.25, 0.3) is 0 Å². The summed E-state index contributed by atoms with van der Waals surface area (Å²) in [6.45, 7) is 2.08. The van der Waals surface area contributed by atoms with Crippen LogP contribution < -0.4 is 5.32 Å². The van der Waals surface area contributed by atoms with Crippen molar-refractivity contribution < 1.29 is 23.4 Å². The Labute approximate surface area is 116 Å². The molecule has 4 nitrogen and oxygen atoms in total. The first-order valence-electron chi connectivity index (χ1n) is 6.52. The number of nitrogens with one attached hydrogen (secondary N) is 1. The molecule has 1 rings (SSSR count). The Hall–Kier alpha value is -1.53. The van der Waals surface area contributed by atoms with E-state index in [0.29, 0.717) is 6.61 Å². The van der Waals surface area contributed by atoms with Crippen LogP contribution in [0.3, 0.4) is 0 Å². The molecule has 0 aliphatic carbocycles. The molecule has 0 aliphatic rings. The molecule has 0 aliphatic heterocycles. The van der Waals surface area contributed by atoms with Crippen molar-refractivity contribution >= 4 is 5.91 Å². The van der Waals surface area contributed by atoms with Gasteiger partial charge in [0.1, 0.15) is 24.3 Å². The highest BCUT2D eigenvalue weighted by molar-refractivity contribution is 5.77. The number of ether oxygens (including phenoxy) is 1. The fourth-order valence-electron chi connectivity index (χ4n) is 1.60. The first-order valence-corrected chi connectivity index (χ1v) is 6.52. The summed E-state index contributed by atoms with van der Waals surface area (Å²) in [5, 5.41) is 12.1. The molecule has 0 aromatic heterocycles. The van der Waals surface area contributed by atoms with E-state index in [9.17, 15) is 18.7 Å². The maximum Gasteiger partial charge on any atom is 0.246 e. The molecule has 112 valence electrons. The number of unbranched alkanes of at least 4 members (excludes halogenated alkanes) is 1. The average molecular weight is 287 g/mol. The predicted octanol–water partition coefficient (Wildman–Crippen LogP) is 1.93. The molecule has 0 spiro atoms. The molecule has 6 heteroatoms. The Morgan fingerprint density at radius 2 is 2.05 bits per heavy atom. The SMILES string of the molecule is CCCCOCC(=O)NCC(O)c1c(F)cccc1F. The van der Waals surface area contributed by atoms with Crippen molar-refractivity contribution in [3.8, 4) is 0 Å². The van der Waals surface area contributed by atoms with Crippen LogP contribution in [0.1, 0.15) is 31.4 Å². The quantitative estimate of drug-likeness (QED) is 0.718. The number of aliphatic hydroxyl groups excluding tert-OH is 1. The van der Waals surface area contributed by atoms with Crippen molar-refractivity contribution in [3.05, 3.63) is 35.4 Å². The highest BCUT2D eigenvalue weighted by atomic mass is 19.1. The highest BCUT2D eigenvalue weighted by Gasteiger charge is 2.18. The summed E-state index contributed by atoms with van der Waals surface area (Å²) in [6, 6.07) is 3.32. The van der Waals surface area contributed by atoms with Gasteiger partial charge in [-0.2, -0.15) is 0 Å². The largest absolute Gasteiger partial charge is 0.386 e. The van der Waals surface area contributed by atoms with Gasteiger partial charge in [0.05, 0.1) is 5.56 Å². The molecular weight excluding hydrogens is 268 g/mol. The number of rotatable bonds is 8. The third kappa shape index (κ3) is 5.22. The van der Waals surface area contributed by atoms with Crippen molar-refractivity contribution in [3.63, 3.8) is 0 Å². The second-order valence-corrected chi connectivity index (χ2v) is 4.36. The van der Waals surface area contributed by atoms with Crippen molar-refractivity contribution in [2.45, 2.75) is 25.9 Å². The molecule has 0 fully saturated rings. The second kappa shape index (κ2) is 8.60. The fraction of sp³-hybridized carbons (Fsp3) is 0.500. The summed E-state index contributed by atoms with van der Waals surface area (Å²) in [5.74, 6) is -2.12. The standard InChI is InChI=1S/C14H19F2NO3/c1-2-3-7-20-9-13(19)17-8-12(18)14-10(15)5-4-6-11(14)16/h4-6,12,18H,2-3,7-9H2,1H3,(H,17,19). The summed E-state index contributed by atoms with van der Waals surface area (Å²) < 4.78 is 31.8. The molecule has 0 saturated carbocycles. The zero-order valence-electron chi connectivity index (χ0n) is 11.4. The number of carbonyl (C=O) groups excluding carboxylic acids is 1. The number of benzene rings is 1. The van der Waals surface area contributed by atoms with E-state index in [2.05, 4.69) is 5.32 Å². The third-order valence-corrected chi connectivity index (χ3v) is 2.70. The lowest BCUT2D eigenvalue weighted by Gasteiger charge is -2.14. The van der Waals surface area contributed by atoms with Gasteiger partial charge in [-0.05, 0) is 18.6 Å². The van der Waals surface area contributed by atoms with Crippen LogP contribution in [0.2, 0.25) is 0 Å². The van der Waals surface area contributed by atoms with Crippen LogP contribution in [0.5, 0.6) is 0 Å². The van der Waals surface area contributed by atoms with Gasteiger partial charge in [-0.3, -0.25) is 4.79 Å². The van der Waals surface area contributed by atoms with Crippen molar-refractivity contribution in [2.75, 3.05) is 19.8 Å². The maximum atomic E-state index is 13.4. The lowest BCUT2D eigenvalue weighted by molar-refractivity contribution is -0.126. The van der Waals surface area contributed by atoms with Crippen LogP contribution in [-0.2, 0) is 9.53 Å². The molecule has 1 unspecified atom stereocenters. The van der Waals surface area contributed by atoms with Crippen LogP contribution in [0.4, 0.5) is 8.78 Å². The highest BCUT2D eigenvalue weighted by Crippen LogP contribution is 2.19. The van der Waals surface area contributed by atoms with E-state index in [1.807, 2.05) is 6.92 Å². The van der Waals surface area contributed by atoms with Crippen LogP contribution >= 0.6 is 0 Å². The molecule has 1 aromatic rings. The molecule has 0 radical (unpaired) electrons. The Morgan fingerprint density at radius 3 is 2.65 bits per heavy atom. The molecule has 0 bridgehead atoms. The Balaban J connectivity index is 2.39. The normalized spacial score (nSPS) is 12.2. The van der Waals surface area contributed by atoms with Crippen molar-refractivity contribution in [2.24, 2.45) is 0 Å². The number of halogens is 2. The third-order valence-electron chi connectivity index (χ3n) is 2.70. The summed E-state index contributed by atoms with van der Waals surface area (Å²) in [4.78, 5) is 11.4. The zero-order valence-corrected chi connectivity index (χ0v) is 11.4. The Morgan fingerprint density at radius 1 is 1.40 bits per heavy atom. The van der Waals surface area contributed by atoms with Gasteiger partial charge < -0.3 is 15.2 Å². The summed E-state index contributed by atoms with van der Waals surface area (Å²) >= 11 is 0. The number of aliphatic hydroxyl groups is 1. The van der Waals surface area contributed by atoms with Crippen LogP contribution in [-0.4, -0.2) is 30.8 Å². The van der Waals surface area contributed by atoms with Crippen molar-refractivity contribution in [1.82, 2.24) is 5.32 Å². The van der Waals surface area contributed by atoms with E-state index in [0.717, 1.165) is 25.0 Å². The molecular formula is C14H19F2NO3. The van der Waals surface area contributed by atoms with Crippen molar-refractivity contribution in [1.29, 1.82) is 0 Å². The van der Waals surface area contributed by atoms with Gasteiger partial charge in [0.15, 0.2) is 0 Å². The minimum Gasteiger partial charge on any atom is -0.386 e. The molecule has 0 saturated heterocycles. The van der Waals surface area contributed by atoms with E-state index in [1.165, 1.54) is 6.07 Å². The molecule has 1 aromatic carbocycles. The number of amides is 1. The lowest BCUT2D eigenvalue weighted by atomic mass is 10.1. The van der Waals surface area contributed by atoms with Gasteiger partial charge in [-0.15, -0.1) is 0 Å². The molecule has 20 heavy (non-hydrogen) atoms. The molecule has 2 N–H and O–H groups in total. The van der Waals surface area contributed by atoms with E-state index in [4.69, 9.17) is 4.74 Å². The first-order chi connectivity index (χ1) is 9.56. The molecule has 1 atom stereocenters. The van der Waals surface area contributed by atoms with Crippen LogP contribution in [0.25, 0.3) is 0 Å². The van der Waals surface area contributed by atoms with Crippen LogP contribution in [0, 0.1) is 11.6 Å². The Kier molecular flexibility index (Phi) is 7.11. The number of hydrogen-bond donors (Lipinski definition) is 2. The zero-order chi connectivity index (χ0) is 15.0. The van der Waals surface area contributed by atoms with Gasteiger partial charge in [0, 0.05) is 13.2 Å². The number of hydrogen-bond acceptors (Lipinski definition) is 3. The van der Waals surface area contributed by atoms with E-state index >= 15 is 0 Å². The van der Waals surface area contributed by atoms with Gasteiger partial charge in [-0.1, -0.05) is 19.4 Å². The monoisotopic (exact) mass is 287 g/mol.